The van der Waals surface area contributed by atoms with Crippen LogP contribution < -0.4 is 5.32 Å². The van der Waals surface area contributed by atoms with Gasteiger partial charge in [-0.05, 0) is 37.5 Å². The number of hydrogen-bond acceptors (Lipinski definition) is 5. The normalized spacial score (nSPS) is 19.0. The summed E-state index contributed by atoms with van der Waals surface area (Å²) in [6.45, 7) is 6.60. The van der Waals surface area contributed by atoms with Crippen molar-refractivity contribution in [2.45, 2.75) is 38.5 Å². The van der Waals surface area contributed by atoms with E-state index >= 15 is 0 Å². The Kier molecular flexibility index (Phi) is 7.24. The van der Waals surface area contributed by atoms with E-state index in [9.17, 15) is 21.6 Å². The number of anilines is 1. The molecule has 10 heteroatoms. The second kappa shape index (κ2) is 8.89. The molecule has 0 aliphatic carbocycles. The molecule has 0 aromatic heterocycles. The zero-order chi connectivity index (χ0) is 21.1. The summed E-state index contributed by atoms with van der Waals surface area (Å²) in [5, 5.41) is 2.80. The van der Waals surface area contributed by atoms with E-state index in [-0.39, 0.29) is 17.3 Å². The first kappa shape index (κ1) is 22.8. The second-order valence-corrected chi connectivity index (χ2v) is 10.9. The molecule has 1 atom stereocenters. The van der Waals surface area contributed by atoms with Gasteiger partial charge in [-0.2, -0.15) is 4.31 Å². The molecule has 28 heavy (non-hydrogen) atoms. The Morgan fingerprint density at radius 3 is 2.43 bits per heavy atom. The Balaban J connectivity index is 2.23. The lowest BCUT2D eigenvalue weighted by Crippen LogP contribution is -2.43. The van der Waals surface area contributed by atoms with E-state index in [1.165, 1.54) is 20.7 Å². The highest BCUT2D eigenvalue weighted by molar-refractivity contribution is 7.89. The standard InChI is InChI=1S/C18H29N3O5S2/c1-5-20(6-2)28(25,26)16-10-9-14(3)17(12-16)19-18(22)15-8-7-11-21(13-15)27(4,23)24/h9-10,12,15H,5-8,11,13H2,1-4H3,(H,19,22). The van der Waals surface area contributed by atoms with E-state index < -0.39 is 26.0 Å². The Morgan fingerprint density at radius 2 is 1.86 bits per heavy atom. The molecule has 1 N–H and O–H groups in total. The van der Waals surface area contributed by atoms with Crippen LogP contribution in [0.15, 0.2) is 23.1 Å². The molecule has 158 valence electrons. The number of carbonyl (C=O) groups is 1. The summed E-state index contributed by atoms with van der Waals surface area (Å²) in [7, 11) is -6.98. The molecule has 0 bridgehead atoms. The van der Waals surface area contributed by atoms with Gasteiger partial charge in [0.25, 0.3) is 0 Å². The van der Waals surface area contributed by atoms with Crippen LogP contribution in [0.3, 0.4) is 0 Å². The van der Waals surface area contributed by atoms with Gasteiger partial charge in [0.05, 0.1) is 17.1 Å². The van der Waals surface area contributed by atoms with Gasteiger partial charge < -0.3 is 5.32 Å². The quantitative estimate of drug-likeness (QED) is 0.707. The Hall–Kier alpha value is -1.49. The molecule has 2 rings (SSSR count). The summed E-state index contributed by atoms with van der Waals surface area (Å²) in [5.74, 6) is -0.764. The van der Waals surface area contributed by atoms with E-state index in [4.69, 9.17) is 0 Å². The monoisotopic (exact) mass is 431 g/mol. The average Bonchev–Trinajstić information content (AvgIpc) is 2.63. The van der Waals surface area contributed by atoms with Crippen molar-refractivity contribution in [2.75, 3.05) is 37.8 Å². The maximum atomic E-state index is 12.7. The second-order valence-electron chi connectivity index (χ2n) is 7.02. The highest BCUT2D eigenvalue weighted by Gasteiger charge is 2.30. The lowest BCUT2D eigenvalue weighted by Gasteiger charge is -2.30. The lowest BCUT2D eigenvalue weighted by atomic mass is 9.98. The first-order valence-corrected chi connectivity index (χ1v) is 12.7. The lowest BCUT2D eigenvalue weighted by molar-refractivity contribution is -0.120. The fraction of sp³-hybridized carbons (Fsp3) is 0.611. The fourth-order valence-corrected chi connectivity index (χ4v) is 5.70. The molecule has 1 fully saturated rings. The number of hydrogen-bond donors (Lipinski definition) is 1. The summed E-state index contributed by atoms with van der Waals surface area (Å²) >= 11 is 0. The first-order chi connectivity index (χ1) is 13.0. The molecule has 1 aromatic rings. The minimum absolute atomic E-state index is 0.124. The van der Waals surface area contributed by atoms with Gasteiger partial charge in [0.15, 0.2) is 0 Å². The number of nitrogens with zero attached hydrogens (tertiary/aromatic N) is 2. The SMILES string of the molecule is CCN(CC)S(=O)(=O)c1ccc(C)c(NC(=O)C2CCCN(S(C)(=O)=O)C2)c1. The summed E-state index contributed by atoms with van der Waals surface area (Å²) in [4.78, 5) is 12.8. The summed E-state index contributed by atoms with van der Waals surface area (Å²) < 4.78 is 51.7. The Morgan fingerprint density at radius 1 is 1.21 bits per heavy atom. The molecule has 1 aliphatic heterocycles. The van der Waals surface area contributed by atoms with Crippen LogP contribution >= 0.6 is 0 Å². The maximum absolute atomic E-state index is 12.7. The van der Waals surface area contributed by atoms with Gasteiger partial charge in [-0.1, -0.05) is 19.9 Å². The van der Waals surface area contributed by atoms with Crippen LogP contribution in [0.4, 0.5) is 5.69 Å². The molecule has 1 unspecified atom stereocenters. The molecule has 0 radical (unpaired) electrons. The van der Waals surface area contributed by atoms with Crippen LogP contribution in [0.25, 0.3) is 0 Å². The van der Waals surface area contributed by atoms with Gasteiger partial charge in [0.1, 0.15) is 0 Å². The molecule has 0 spiro atoms. The third-order valence-electron chi connectivity index (χ3n) is 5.03. The molecule has 1 amide bonds. The molecule has 1 aromatic carbocycles. The number of piperidine rings is 1. The van der Waals surface area contributed by atoms with Crippen LogP contribution in [0.2, 0.25) is 0 Å². The topological polar surface area (TPSA) is 104 Å². The van der Waals surface area contributed by atoms with Gasteiger partial charge in [-0.25, -0.2) is 21.1 Å². The number of sulfonamides is 2. The van der Waals surface area contributed by atoms with Crippen LogP contribution in [0.5, 0.6) is 0 Å². The van der Waals surface area contributed by atoms with Crippen LogP contribution in [0, 0.1) is 12.8 Å². The van der Waals surface area contributed by atoms with Crippen LogP contribution in [0.1, 0.15) is 32.3 Å². The van der Waals surface area contributed by atoms with Crippen molar-refractivity contribution in [3.63, 3.8) is 0 Å². The first-order valence-electron chi connectivity index (χ1n) is 9.37. The number of rotatable bonds is 7. The molecular formula is C18H29N3O5S2. The Bertz CT molecular complexity index is 925. The molecule has 1 saturated heterocycles. The van der Waals surface area contributed by atoms with Crippen molar-refractivity contribution in [1.29, 1.82) is 0 Å². The van der Waals surface area contributed by atoms with Gasteiger partial charge >= 0.3 is 0 Å². The van der Waals surface area contributed by atoms with Gasteiger partial charge in [0, 0.05) is 31.9 Å². The van der Waals surface area contributed by atoms with E-state index in [0.29, 0.717) is 38.2 Å². The van der Waals surface area contributed by atoms with E-state index in [2.05, 4.69) is 5.32 Å². The van der Waals surface area contributed by atoms with Crippen molar-refractivity contribution in [3.8, 4) is 0 Å². The number of carbonyl (C=O) groups excluding carboxylic acids is 1. The number of nitrogens with one attached hydrogen (secondary N) is 1. The summed E-state index contributed by atoms with van der Waals surface area (Å²) in [6, 6.07) is 4.67. The largest absolute Gasteiger partial charge is 0.326 e. The smallest absolute Gasteiger partial charge is 0.243 e. The molecular weight excluding hydrogens is 402 g/mol. The van der Waals surface area contributed by atoms with E-state index in [0.717, 1.165) is 11.8 Å². The van der Waals surface area contributed by atoms with Crippen molar-refractivity contribution in [2.24, 2.45) is 5.92 Å². The zero-order valence-electron chi connectivity index (χ0n) is 16.8. The maximum Gasteiger partial charge on any atom is 0.243 e. The van der Waals surface area contributed by atoms with Crippen LogP contribution in [-0.4, -0.2) is 63.8 Å². The van der Waals surface area contributed by atoms with Gasteiger partial charge in [-0.15, -0.1) is 0 Å². The van der Waals surface area contributed by atoms with Crippen LogP contribution in [-0.2, 0) is 24.8 Å². The minimum Gasteiger partial charge on any atom is -0.326 e. The molecule has 0 saturated carbocycles. The number of amides is 1. The fourth-order valence-electron chi connectivity index (χ4n) is 3.30. The average molecular weight is 432 g/mol. The predicted octanol–water partition coefficient (Wildman–Crippen LogP) is 1.64. The highest BCUT2D eigenvalue weighted by atomic mass is 32.2. The summed E-state index contributed by atoms with van der Waals surface area (Å²) in [6.07, 6.45) is 2.34. The Labute approximate surface area is 168 Å². The third-order valence-corrected chi connectivity index (χ3v) is 8.35. The van der Waals surface area contributed by atoms with Crippen molar-refractivity contribution >= 4 is 31.6 Å². The number of aryl methyl sites for hydroxylation is 1. The third kappa shape index (κ3) is 5.11. The zero-order valence-corrected chi connectivity index (χ0v) is 18.4. The molecule has 8 nitrogen and oxygen atoms in total. The summed E-state index contributed by atoms with van der Waals surface area (Å²) in [5.41, 5.74) is 1.16. The molecule has 1 aliphatic rings. The number of benzene rings is 1. The van der Waals surface area contributed by atoms with E-state index in [1.54, 1.807) is 26.8 Å². The predicted molar refractivity (Wildman–Crippen MR) is 109 cm³/mol. The highest BCUT2D eigenvalue weighted by Crippen LogP contribution is 2.25. The van der Waals surface area contributed by atoms with E-state index in [1.807, 2.05) is 0 Å². The van der Waals surface area contributed by atoms with Gasteiger partial charge in [0.2, 0.25) is 26.0 Å². The molecule has 1 heterocycles. The van der Waals surface area contributed by atoms with Gasteiger partial charge in [-0.3, -0.25) is 4.79 Å². The minimum atomic E-state index is -3.63. The van der Waals surface area contributed by atoms with Crippen molar-refractivity contribution < 1.29 is 21.6 Å². The van der Waals surface area contributed by atoms with Crippen molar-refractivity contribution in [1.82, 2.24) is 8.61 Å². The van der Waals surface area contributed by atoms with Crippen molar-refractivity contribution in [3.05, 3.63) is 23.8 Å².